The molecule has 0 amide bonds. The number of hydrogen-bond acceptors (Lipinski definition) is 5. The van der Waals surface area contributed by atoms with Crippen molar-refractivity contribution < 1.29 is 0 Å². The van der Waals surface area contributed by atoms with Gasteiger partial charge in [0.25, 0.3) is 5.56 Å². The van der Waals surface area contributed by atoms with Gasteiger partial charge in [-0.1, -0.05) is 24.3 Å². The van der Waals surface area contributed by atoms with Crippen LogP contribution in [0.15, 0.2) is 89.2 Å². The van der Waals surface area contributed by atoms with Gasteiger partial charge in [0, 0.05) is 58.1 Å². The molecule has 162 valence electrons. The predicted octanol–water partition coefficient (Wildman–Crippen LogP) is 5.74. The van der Waals surface area contributed by atoms with Gasteiger partial charge in [0.2, 0.25) is 0 Å². The molecule has 0 radical (unpaired) electrons. The van der Waals surface area contributed by atoms with Crippen LogP contribution in [0.1, 0.15) is 12.5 Å². The molecule has 0 saturated carbocycles. The molecule has 0 spiro atoms. The summed E-state index contributed by atoms with van der Waals surface area (Å²) in [5.41, 5.74) is 5.46. The van der Waals surface area contributed by atoms with Crippen LogP contribution in [0.25, 0.3) is 54.8 Å². The topological polar surface area (TPSA) is 83.5 Å². The van der Waals surface area contributed by atoms with Crippen LogP contribution < -0.4 is 5.56 Å². The Labute approximate surface area is 194 Å². The average molecular weight is 441 g/mol. The lowest BCUT2D eigenvalue weighted by molar-refractivity contribution is 1.20. The molecule has 0 unspecified atom stereocenters. The van der Waals surface area contributed by atoms with E-state index in [9.17, 15) is 4.79 Å². The van der Waals surface area contributed by atoms with Gasteiger partial charge in [0.15, 0.2) is 0 Å². The molecule has 0 saturated heterocycles. The van der Waals surface area contributed by atoms with Crippen LogP contribution >= 0.6 is 0 Å². The molecular formula is C28H19N5O. The second-order valence-electron chi connectivity index (χ2n) is 8.21. The first-order chi connectivity index (χ1) is 16.7. The normalized spacial score (nSPS) is 12.6. The molecule has 0 aliphatic carbocycles. The van der Waals surface area contributed by atoms with E-state index in [1.807, 2.05) is 47.7 Å². The zero-order valence-electron chi connectivity index (χ0n) is 18.4. The molecule has 6 heteroatoms. The van der Waals surface area contributed by atoms with Gasteiger partial charge in [0.1, 0.15) is 0 Å². The Kier molecular flexibility index (Phi) is 4.52. The van der Waals surface area contributed by atoms with Crippen LogP contribution in [-0.4, -0.2) is 26.8 Å². The van der Waals surface area contributed by atoms with Gasteiger partial charge in [-0.25, -0.2) is 0 Å². The molecule has 6 nitrogen and oxygen atoms in total. The third-order valence-corrected chi connectivity index (χ3v) is 6.25. The molecule has 1 N–H and O–H groups in total. The van der Waals surface area contributed by atoms with Gasteiger partial charge in [0.05, 0.1) is 22.9 Å². The fourth-order valence-electron chi connectivity index (χ4n) is 4.70. The van der Waals surface area contributed by atoms with Crippen molar-refractivity contribution >= 4 is 56.0 Å². The van der Waals surface area contributed by atoms with Gasteiger partial charge in [-0.15, -0.1) is 0 Å². The highest BCUT2D eigenvalue weighted by Gasteiger charge is 2.19. The molecule has 34 heavy (non-hydrogen) atoms. The van der Waals surface area contributed by atoms with Crippen LogP contribution in [0.4, 0.5) is 0 Å². The molecule has 0 atom stereocenters. The Hall–Kier alpha value is -4.71. The summed E-state index contributed by atoms with van der Waals surface area (Å²) in [6, 6.07) is 18.1. The van der Waals surface area contributed by atoms with Crippen molar-refractivity contribution in [2.45, 2.75) is 6.92 Å². The number of nitrogens with zero attached hydrogens (tertiary/aromatic N) is 4. The Morgan fingerprint density at radius 2 is 1.76 bits per heavy atom. The lowest BCUT2D eigenvalue weighted by Crippen LogP contribution is -2.12. The van der Waals surface area contributed by atoms with Crippen LogP contribution in [-0.2, 0) is 0 Å². The fourth-order valence-corrected chi connectivity index (χ4v) is 4.70. The van der Waals surface area contributed by atoms with E-state index in [0.717, 1.165) is 61.2 Å². The first-order valence-electron chi connectivity index (χ1n) is 10.9. The fraction of sp³-hybridized carbons (Fsp3) is 0.0357. The van der Waals surface area contributed by atoms with Crippen molar-refractivity contribution in [2.75, 3.05) is 0 Å². The lowest BCUT2D eigenvalue weighted by atomic mass is 9.99. The summed E-state index contributed by atoms with van der Waals surface area (Å²) < 4.78 is 1.83. The first-order valence-corrected chi connectivity index (χ1v) is 10.9. The van der Waals surface area contributed by atoms with Gasteiger partial charge in [-0.3, -0.25) is 24.2 Å². The Balaban J connectivity index is 1.78. The maximum absolute atomic E-state index is 13.6. The minimum atomic E-state index is -0.0223. The van der Waals surface area contributed by atoms with E-state index in [4.69, 9.17) is 5.41 Å². The van der Waals surface area contributed by atoms with E-state index < -0.39 is 0 Å². The van der Waals surface area contributed by atoms with Crippen LogP contribution in [0.5, 0.6) is 0 Å². The maximum atomic E-state index is 13.6. The Bertz CT molecular complexity index is 1850. The third-order valence-electron chi connectivity index (χ3n) is 6.25. The highest BCUT2D eigenvalue weighted by molar-refractivity contribution is 6.21. The average Bonchev–Trinajstić information content (AvgIpc) is 3.22. The number of pyridine rings is 1. The van der Waals surface area contributed by atoms with Crippen molar-refractivity contribution in [3.8, 4) is 11.3 Å². The van der Waals surface area contributed by atoms with Gasteiger partial charge in [-0.2, -0.15) is 0 Å². The summed E-state index contributed by atoms with van der Waals surface area (Å²) in [5, 5.41) is 11.7. The van der Waals surface area contributed by atoms with Crippen LogP contribution in [0.2, 0.25) is 0 Å². The van der Waals surface area contributed by atoms with E-state index in [1.165, 1.54) is 6.21 Å². The number of nitrogens with one attached hydrogen (secondary N) is 1. The maximum Gasteiger partial charge on any atom is 0.263 e. The minimum Gasteiger partial charge on any atom is -0.307 e. The summed E-state index contributed by atoms with van der Waals surface area (Å²) in [6.07, 6.45) is 9.43. The van der Waals surface area contributed by atoms with E-state index in [-0.39, 0.29) is 5.56 Å². The monoisotopic (exact) mass is 441 g/mol. The predicted molar refractivity (Wildman–Crippen MR) is 139 cm³/mol. The summed E-state index contributed by atoms with van der Waals surface area (Å²) in [7, 11) is 0. The zero-order valence-corrected chi connectivity index (χ0v) is 18.4. The van der Waals surface area contributed by atoms with Crippen molar-refractivity contribution in [1.82, 2.24) is 14.4 Å². The van der Waals surface area contributed by atoms with Gasteiger partial charge >= 0.3 is 0 Å². The first kappa shape index (κ1) is 19.9. The Morgan fingerprint density at radius 1 is 0.971 bits per heavy atom. The van der Waals surface area contributed by atoms with Crippen molar-refractivity contribution in [1.29, 1.82) is 5.41 Å². The molecule has 6 aromatic rings. The summed E-state index contributed by atoms with van der Waals surface area (Å²) in [6.45, 7) is 1.98. The number of aliphatic imine (C=N–C) groups is 1. The van der Waals surface area contributed by atoms with Gasteiger partial charge in [-0.05, 0) is 53.8 Å². The lowest BCUT2D eigenvalue weighted by Gasteiger charge is -2.08. The van der Waals surface area contributed by atoms with E-state index >= 15 is 0 Å². The second-order valence-corrected chi connectivity index (χ2v) is 8.21. The summed E-state index contributed by atoms with van der Waals surface area (Å²) >= 11 is 0. The highest BCUT2D eigenvalue weighted by atomic mass is 16.1. The molecule has 0 aliphatic heterocycles. The molecule has 0 aliphatic rings. The molecule has 3 aromatic carbocycles. The molecule has 3 aromatic heterocycles. The molecule has 6 rings (SSSR count). The van der Waals surface area contributed by atoms with E-state index in [1.54, 1.807) is 24.8 Å². The molecular weight excluding hydrogens is 422 g/mol. The standard InChI is InChI=1S/C28H19N5O/c1-17(15-30-9-8-29)18-6-7-26-22(12-18)24-14-19(25-16-31-10-11-32-25)13-23-20-4-2-3-5-21(20)28(34)33(26)27(23)24/h2-16,29H,1H3/b17-15+,29-8?,30-9?. The van der Waals surface area contributed by atoms with Crippen molar-refractivity contribution in [3.05, 3.63) is 95.3 Å². The second kappa shape index (κ2) is 7.71. The zero-order chi connectivity index (χ0) is 23.2. The number of rotatable bonds is 4. The minimum absolute atomic E-state index is 0.0223. The van der Waals surface area contributed by atoms with E-state index in [0.29, 0.717) is 5.39 Å². The van der Waals surface area contributed by atoms with Gasteiger partial charge < -0.3 is 5.41 Å². The number of hydrogen-bond donors (Lipinski definition) is 1. The SMILES string of the molecule is C/C(=C\N=CC=N)c1ccc2c(c1)c1cc(-c3cnccn3)cc3c4ccccc4c(=O)n2c31. The number of aromatic nitrogens is 3. The number of fused-ring (bicyclic) bond motifs is 5. The molecule has 0 fully saturated rings. The van der Waals surface area contributed by atoms with E-state index in [2.05, 4.69) is 33.2 Å². The summed E-state index contributed by atoms with van der Waals surface area (Å²) in [4.78, 5) is 26.5. The third kappa shape index (κ3) is 2.93. The smallest absolute Gasteiger partial charge is 0.263 e. The highest BCUT2D eigenvalue weighted by Crippen LogP contribution is 2.38. The largest absolute Gasteiger partial charge is 0.307 e. The van der Waals surface area contributed by atoms with Crippen molar-refractivity contribution in [2.24, 2.45) is 4.99 Å². The molecule has 3 heterocycles. The summed E-state index contributed by atoms with van der Waals surface area (Å²) in [5.74, 6) is 0. The molecule has 0 bridgehead atoms. The van der Waals surface area contributed by atoms with Crippen molar-refractivity contribution in [3.63, 3.8) is 0 Å². The number of allylic oxidation sites excluding steroid dienone is 1. The van der Waals surface area contributed by atoms with Crippen LogP contribution in [0, 0.1) is 5.41 Å². The number of benzene rings is 3. The quantitative estimate of drug-likeness (QED) is 0.280. The Morgan fingerprint density at radius 3 is 2.53 bits per heavy atom. The van der Waals surface area contributed by atoms with Crippen LogP contribution in [0.3, 0.4) is 0 Å².